The number of fused-ring (bicyclic) bond motifs is 1. The Hall–Kier alpha value is -0.190. The van der Waals surface area contributed by atoms with Gasteiger partial charge in [-0.25, -0.2) is 4.39 Å². The fourth-order valence-corrected chi connectivity index (χ4v) is 3.25. The fourth-order valence-electron chi connectivity index (χ4n) is 1.20. The highest BCUT2D eigenvalue weighted by Gasteiger charge is 2.08. The molecule has 0 radical (unpaired) electrons. The third kappa shape index (κ3) is 1.47. The van der Waals surface area contributed by atoms with Gasteiger partial charge in [-0.05, 0) is 18.4 Å². The van der Waals surface area contributed by atoms with E-state index in [1.54, 1.807) is 11.8 Å². The number of halogens is 1. The first kappa shape index (κ1) is 9.37. The van der Waals surface area contributed by atoms with Crippen LogP contribution in [0.25, 0.3) is 10.1 Å². The van der Waals surface area contributed by atoms with Crippen molar-refractivity contribution in [3.05, 3.63) is 23.3 Å². The molecule has 0 saturated heterocycles. The molecule has 0 aliphatic carbocycles. The molecule has 0 atom stereocenters. The van der Waals surface area contributed by atoms with Gasteiger partial charge in [0.05, 0.1) is 4.70 Å². The van der Waals surface area contributed by atoms with E-state index in [4.69, 9.17) is 0 Å². The number of hydrogen-bond donors (Lipinski definition) is 1. The minimum absolute atomic E-state index is 0.150. The molecule has 1 aromatic carbocycles. The molecule has 0 aliphatic heterocycles. The molecule has 2 aromatic rings. The predicted molar refractivity (Wildman–Crippen MR) is 60.8 cm³/mol. The summed E-state index contributed by atoms with van der Waals surface area (Å²) in [6.45, 7) is 0. The first-order chi connectivity index (χ1) is 6.24. The number of benzene rings is 1. The van der Waals surface area contributed by atoms with Crippen LogP contribution in [-0.2, 0) is 0 Å². The maximum absolute atomic E-state index is 13.1. The SMILES string of the molecule is CSc1ccc2c(F)csc2c1S. The summed E-state index contributed by atoms with van der Waals surface area (Å²) < 4.78 is 14.1. The van der Waals surface area contributed by atoms with Crippen molar-refractivity contribution in [2.24, 2.45) is 0 Å². The minimum Gasteiger partial charge on any atom is -0.205 e. The topological polar surface area (TPSA) is 0 Å². The molecular formula is C9H7FS3. The number of thioether (sulfide) groups is 1. The Morgan fingerprint density at radius 1 is 1.46 bits per heavy atom. The Bertz CT molecular complexity index is 447. The van der Waals surface area contributed by atoms with Gasteiger partial charge in [-0.1, -0.05) is 0 Å². The molecule has 0 nitrogen and oxygen atoms in total. The Morgan fingerprint density at radius 3 is 2.92 bits per heavy atom. The molecule has 0 aliphatic rings. The monoisotopic (exact) mass is 230 g/mol. The van der Waals surface area contributed by atoms with Crippen molar-refractivity contribution in [1.82, 2.24) is 0 Å². The Morgan fingerprint density at radius 2 is 2.23 bits per heavy atom. The number of thiophene rings is 1. The Balaban J connectivity index is 2.80. The van der Waals surface area contributed by atoms with Crippen molar-refractivity contribution in [1.29, 1.82) is 0 Å². The van der Waals surface area contributed by atoms with Crippen molar-refractivity contribution in [3.63, 3.8) is 0 Å². The highest BCUT2D eigenvalue weighted by atomic mass is 32.2. The van der Waals surface area contributed by atoms with E-state index in [0.29, 0.717) is 5.39 Å². The van der Waals surface area contributed by atoms with E-state index in [2.05, 4.69) is 12.6 Å². The molecule has 0 unspecified atom stereocenters. The summed E-state index contributed by atoms with van der Waals surface area (Å²) in [4.78, 5) is 1.98. The lowest BCUT2D eigenvalue weighted by Gasteiger charge is -2.01. The second kappa shape index (κ2) is 3.52. The summed E-state index contributed by atoms with van der Waals surface area (Å²) in [7, 11) is 0. The van der Waals surface area contributed by atoms with Crippen molar-refractivity contribution in [2.45, 2.75) is 9.79 Å². The van der Waals surface area contributed by atoms with E-state index < -0.39 is 0 Å². The second-order valence-corrected chi connectivity index (χ2v) is 4.75. The smallest absolute Gasteiger partial charge is 0.141 e. The molecule has 0 spiro atoms. The summed E-state index contributed by atoms with van der Waals surface area (Å²) in [6.07, 6.45) is 1.99. The van der Waals surface area contributed by atoms with Crippen molar-refractivity contribution in [2.75, 3.05) is 6.26 Å². The van der Waals surface area contributed by atoms with Crippen molar-refractivity contribution in [3.8, 4) is 0 Å². The predicted octanol–water partition coefficient (Wildman–Crippen LogP) is 4.05. The quantitative estimate of drug-likeness (QED) is 0.569. The second-order valence-electron chi connectivity index (χ2n) is 2.58. The van der Waals surface area contributed by atoms with Crippen LogP contribution in [0.5, 0.6) is 0 Å². The van der Waals surface area contributed by atoms with Gasteiger partial charge in [-0.2, -0.15) is 0 Å². The van der Waals surface area contributed by atoms with Gasteiger partial charge in [0.15, 0.2) is 0 Å². The van der Waals surface area contributed by atoms with Gasteiger partial charge >= 0.3 is 0 Å². The average molecular weight is 230 g/mol. The van der Waals surface area contributed by atoms with E-state index in [9.17, 15) is 4.39 Å². The molecular weight excluding hydrogens is 223 g/mol. The van der Waals surface area contributed by atoms with Crippen LogP contribution in [0.1, 0.15) is 0 Å². The third-order valence-electron chi connectivity index (χ3n) is 1.85. The number of hydrogen-bond acceptors (Lipinski definition) is 3. The standard InChI is InChI=1S/C9H7FS3/c1-12-7-3-2-5-6(10)4-13-9(5)8(7)11/h2-4,11H,1H3. The summed E-state index contributed by atoms with van der Waals surface area (Å²) in [5.41, 5.74) is 0. The molecule has 2 rings (SSSR count). The van der Waals surface area contributed by atoms with Crippen molar-refractivity contribution < 1.29 is 4.39 Å². The van der Waals surface area contributed by atoms with E-state index in [1.807, 2.05) is 18.4 Å². The third-order valence-corrected chi connectivity index (χ3v) is 4.38. The maximum Gasteiger partial charge on any atom is 0.141 e. The van der Waals surface area contributed by atoms with Crippen molar-refractivity contribution >= 4 is 45.8 Å². The van der Waals surface area contributed by atoms with Crippen LogP contribution in [0.2, 0.25) is 0 Å². The van der Waals surface area contributed by atoms with E-state index in [-0.39, 0.29) is 5.82 Å². The first-order valence-electron chi connectivity index (χ1n) is 3.66. The van der Waals surface area contributed by atoms with Gasteiger partial charge in [-0.3, -0.25) is 0 Å². The molecule has 0 amide bonds. The molecule has 1 heterocycles. The number of thiol groups is 1. The average Bonchev–Trinajstić information content (AvgIpc) is 2.50. The molecule has 0 N–H and O–H groups in total. The first-order valence-corrected chi connectivity index (χ1v) is 6.22. The summed E-state index contributed by atoms with van der Waals surface area (Å²) in [5, 5.41) is 2.20. The zero-order chi connectivity index (χ0) is 9.42. The normalized spacial score (nSPS) is 11.0. The fraction of sp³-hybridized carbons (Fsp3) is 0.111. The Labute approximate surface area is 89.6 Å². The van der Waals surface area contributed by atoms with Gasteiger partial charge in [-0.15, -0.1) is 35.7 Å². The van der Waals surface area contributed by atoms with E-state index >= 15 is 0 Å². The zero-order valence-electron chi connectivity index (χ0n) is 6.87. The maximum atomic E-state index is 13.1. The van der Waals surface area contributed by atoms with E-state index in [1.165, 1.54) is 16.7 Å². The molecule has 0 bridgehead atoms. The van der Waals surface area contributed by atoms with Gasteiger partial charge in [0.1, 0.15) is 5.82 Å². The van der Waals surface area contributed by atoms with Crippen LogP contribution < -0.4 is 0 Å². The molecule has 68 valence electrons. The van der Waals surface area contributed by atoms with Gasteiger partial charge in [0, 0.05) is 20.6 Å². The largest absolute Gasteiger partial charge is 0.205 e. The highest BCUT2D eigenvalue weighted by Crippen LogP contribution is 2.35. The van der Waals surface area contributed by atoms with Crippen LogP contribution in [0.4, 0.5) is 4.39 Å². The van der Waals surface area contributed by atoms with Crippen LogP contribution in [0.15, 0.2) is 27.3 Å². The van der Waals surface area contributed by atoms with E-state index in [0.717, 1.165) is 14.5 Å². The summed E-state index contributed by atoms with van der Waals surface area (Å²) in [6, 6.07) is 3.72. The molecule has 13 heavy (non-hydrogen) atoms. The lowest BCUT2D eigenvalue weighted by molar-refractivity contribution is 0.644. The van der Waals surface area contributed by atoms with Crippen LogP contribution in [0.3, 0.4) is 0 Å². The molecule has 4 heteroatoms. The summed E-state index contributed by atoms with van der Waals surface area (Å²) >= 11 is 7.41. The minimum atomic E-state index is -0.150. The van der Waals surface area contributed by atoms with Crippen LogP contribution >= 0.6 is 35.7 Å². The lowest BCUT2D eigenvalue weighted by Crippen LogP contribution is -1.75. The zero-order valence-corrected chi connectivity index (χ0v) is 9.40. The van der Waals surface area contributed by atoms with Gasteiger partial charge in [0.2, 0.25) is 0 Å². The Kier molecular flexibility index (Phi) is 2.53. The number of rotatable bonds is 1. The highest BCUT2D eigenvalue weighted by molar-refractivity contribution is 7.99. The molecule has 0 fully saturated rings. The van der Waals surface area contributed by atoms with Gasteiger partial charge in [0.25, 0.3) is 0 Å². The van der Waals surface area contributed by atoms with Crippen LogP contribution in [-0.4, -0.2) is 6.26 Å². The summed E-state index contributed by atoms with van der Waals surface area (Å²) in [5.74, 6) is -0.150. The van der Waals surface area contributed by atoms with Gasteiger partial charge < -0.3 is 0 Å². The molecule has 0 saturated carbocycles. The van der Waals surface area contributed by atoms with Crippen LogP contribution in [0, 0.1) is 5.82 Å². The molecule has 1 aromatic heterocycles. The lowest BCUT2D eigenvalue weighted by atomic mass is 10.2.